The van der Waals surface area contributed by atoms with Crippen molar-refractivity contribution in [3.8, 4) is 11.8 Å². The molecule has 1 rings (SSSR count). The number of nitrogens with zero attached hydrogens (tertiary/aromatic N) is 1. The molecule has 1 aliphatic rings. The van der Waals surface area contributed by atoms with Gasteiger partial charge in [0.15, 0.2) is 0 Å². The zero-order valence-electron chi connectivity index (χ0n) is 9.62. The van der Waals surface area contributed by atoms with Crippen molar-refractivity contribution in [2.45, 2.75) is 39.2 Å². The van der Waals surface area contributed by atoms with Gasteiger partial charge in [-0.2, -0.15) is 0 Å². The molecule has 15 heavy (non-hydrogen) atoms. The maximum absolute atomic E-state index is 11.7. The highest BCUT2D eigenvalue weighted by molar-refractivity contribution is 5.93. The van der Waals surface area contributed by atoms with E-state index in [1.54, 1.807) is 6.92 Å². The zero-order valence-corrected chi connectivity index (χ0v) is 9.62. The van der Waals surface area contributed by atoms with Crippen molar-refractivity contribution < 1.29 is 4.79 Å². The second-order valence-electron chi connectivity index (χ2n) is 3.96. The topological polar surface area (TPSA) is 46.3 Å². The lowest BCUT2D eigenvalue weighted by molar-refractivity contribution is -0.127. The van der Waals surface area contributed by atoms with E-state index >= 15 is 0 Å². The molecule has 3 nitrogen and oxygen atoms in total. The Hall–Kier alpha value is -1.01. The number of carbonyl (C=O) groups excluding carboxylic acids is 1. The molecule has 0 bridgehead atoms. The molecule has 0 aliphatic heterocycles. The Balaban J connectivity index is 2.71. The summed E-state index contributed by atoms with van der Waals surface area (Å²) in [5.74, 6) is 5.70. The molecule has 2 atom stereocenters. The average molecular weight is 208 g/mol. The second-order valence-corrected chi connectivity index (χ2v) is 3.96. The van der Waals surface area contributed by atoms with Crippen molar-refractivity contribution in [1.29, 1.82) is 0 Å². The summed E-state index contributed by atoms with van der Waals surface area (Å²) in [6.07, 6.45) is 3.40. The van der Waals surface area contributed by atoms with Crippen LogP contribution in [0.4, 0.5) is 0 Å². The van der Waals surface area contributed by atoms with E-state index in [-0.39, 0.29) is 5.91 Å². The average Bonchev–Trinajstić information content (AvgIpc) is 2.67. The Morgan fingerprint density at radius 2 is 2.27 bits per heavy atom. The number of amides is 1. The molecular weight excluding hydrogens is 188 g/mol. The van der Waals surface area contributed by atoms with Gasteiger partial charge in [0.1, 0.15) is 0 Å². The van der Waals surface area contributed by atoms with Crippen molar-refractivity contribution in [2.24, 2.45) is 11.7 Å². The van der Waals surface area contributed by atoms with Gasteiger partial charge in [0, 0.05) is 12.6 Å². The molecule has 0 spiro atoms. The second kappa shape index (κ2) is 5.77. The van der Waals surface area contributed by atoms with E-state index in [0.29, 0.717) is 18.5 Å². The molecule has 84 valence electrons. The molecule has 1 aliphatic carbocycles. The Morgan fingerprint density at radius 3 is 2.80 bits per heavy atom. The summed E-state index contributed by atoms with van der Waals surface area (Å²) in [6.45, 7) is 5.10. The van der Waals surface area contributed by atoms with Gasteiger partial charge in [-0.15, -0.1) is 0 Å². The standard InChI is InChI=1S/C12H20N2O/c1-3-6-12(15)14(4-2)11-8-5-7-10(11)9-13/h10-11H,4-5,7-9,13H2,1-2H3. The first kappa shape index (κ1) is 12.1. The van der Waals surface area contributed by atoms with Crippen molar-refractivity contribution >= 4 is 5.91 Å². The molecule has 0 aromatic carbocycles. The van der Waals surface area contributed by atoms with Gasteiger partial charge in [-0.3, -0.25) is 4.79 Å². The highest BCUT2D eigenvalue weighted by atomic mass is 16.2. The van der Waals surface area contributed by atoms with Gasteiger partial charge >= 0.3 is 0 Å². The lowest BCUT2D eigenvalue weighted by atomic mass is 10.0. The molecule has 3 heteroatoms. The predicted octanol–water partition coefficient (Wildman–Crippen LogP) is 0.986. The summed E-state index contributed by atoms with van der Waals surface area (Å²) in [5, 5.41) is 0. The van der Waals surface area contributed by atoms with Crippen LogP contribution in [0.15, 0.2) is 0 Å². The Labute approximate surface area is 92.0 Å². The van der Waals surface area contributed by atoms with Crippen LogP contribution in [-0.4, -0.2) is 29.9 Å². The lowest BCUT2D eigenvalue weighted by Crippen LogP contribution is -2.43. The van der Waals surface area contributed by atoms with Gasteiger partial charge in [-0.1, -0.05) is 12.3 Å². The van der Waals surface area contributed by atoms with Crippen molar-refractivity contribution in [1.82, 2.24) is 4.90 Å². The third kappa shape index (κ3) is 2.73. The molecule has 0 saturated heterocycles. The van der Waals surface area contributed by atoms with E-state index in [9.17, 15) is 4.79 Å². The van der Waals surface area contributed by atoms with Gasteiger partial charge < -0.3 is 10.6 Å². The van der Waals surface area contributed by atoms with Crippen molar-refractivity contribution in [2.75, 3.05) is 13.1 Å². The summed E-state index contributed by atoms with van der Waals surface area (Å²) in [4.78, 5) is 13.6. The first-order valence-electron chi connectivity index (χ1n) is 5.68. The van der Waals surface area contributed by atoms with E-state index in [4.69, 9.17) is 5.73 Å². The van der Waals surface area contributed by atoms with Gasteiger partial charge in [0.05, 0.1) is 0 Å². The third-order valence-corrected chi connectivity index (χ3v) is 3.16. The Kier molecular flexibility index (Phi) is 4.64. The largest absolute Gasteiger partial charge is 0.330 e. The minimum absolute atomic E-state index is 0.0506. The fourth-order valence-electron chi connectivity index (χ4n) is 2.41. The van der Waals surface area contributed by atoms with Crippen molar-refractivity contribution in [3.05, 3.63) is 0 Å². The van der Waals surface area contributed by atoms with Crippen LogP contribution in [0.2, 0.25) is 0 Å². The van der Waals surface area contributed by atoms with Gasteiger partial charge in [-0.25, -0.2) is 0 Å². The van der Waals surface area contributed by atoms with E-state index in [1.165, 1.54) is 6.42 Å². The Bertz CT molecular complexity index is 277. The maximum atomic E-state index is 11.7. The maximum Gasteiger partial charge on any atom is 0.298 e. The fraction of sp³-hybridized carbons (Fsp3) is 0.750. The number of rotatable bonds is 3. The van der Waals surface area contributed by atoms with Crippen LogP contribution >= 0.6 is 0 Å². The normalized spacial score (nSPS) is 24.5. The Morgan fingerprint density at radius 1 is 1.53 bits per heavy atom. The number of carbonyl (C=O) groups is 1. The first-order chi connectivity index (χ1) is 7.24. The molecule has 1 amide bonds. The van der Waals surface area contributed by atoms with Crippen LogP contribution in [-0.2, 0) is 4.79 Å². The number of hydrogen-bond acceptors (Lipinski definition) is 2. The molecule has 0 aromatic heterocycles. The summed E-state index contributed by atoms with van der Waals surface area (Å²) < 4.78 is 0. The molecule has 1 saturated carbocycles. The van der Waals surface area contributed by atoms with Crippen LogP contribution in [0, 0.1) is 17.8 Å². The minimum Gasteiger partial charge on any atom is -0.330 e. The lowest BCUT2D eigenvalue weighted by Gasteiger charge is -2.30. The summed E-state index contributed by atoms with van der Waals surface area (Å²) in [6, 6.07) is 0.313. The molecule has 1 fully saturated rings. The van der Waals surface area contributed by atoms with Crippen LogP contribution < -0.4 is 5.73 Å². The SMILES string of the molecule is CC#CC(=O)N(CC)C1CCCC1CN. The van der Waals surface area contributed by atoms with E-state index in [0.717, 1.165) is 19.4 Å². The van der Waals surface area contributed by atoms with E-state index in [1.807, 2.05) is 11.8 Å². The number of nitrogens with two attached hydrogens (primary N) is 1. The highest BCUT2D eigenvalue weighted by Gasteiger charge is 2.32. The van der Waals surface area contributed by atoms with Crippen LogP contribution in [0.1, 0.15) is 33.1 Å². The molecule has 0 heterocycles. The molecule has 2 N–H and O–H groups in total. The summed E-state index contributed by atoms with van der Waals surface area (Å²) in [7, 11) is 0. The van der Waals surface area contributed by atoms with E-state index < -0.39 is 0 Å². The van der Waals surface area contributed by atoms with Crippen LogP contribution in [0.25, 0.3) is 0 Å². The van der Waals surface area contributed by atoms with Crippen LogP contribution in [0.3, 0.4) is 0 Å². The molecule has 2 unspecified atom stereocenters. The minimum atomic E-state index is -0.0506. The molecule has 0 radical (unpaired) electrons. The van der Waals surface area contributed by atoms with Crippen LogP contribution in [0.5, 0.6) is 0 Å². The quantitative estimate of drug-likeness (QED) is 0.703. The zero-order chi connectivity index (χ0) is 11.3. The van der Waals surface area contributed by atoms with Gasteiger partial charge in [0.2, 0.25) is 0 Å². The molecule has 0 aromatic rings. The molecular formula is C12H20N2O. The fourth-order valence-corrected chi connectivity index (χ4v) is 2.41. The summed E-state index contributed by atoms with van der Waals surface area (Å²) in [5.41, 5.74) is 5.72. The summed E-state index contributed by atoms with van der Waals surface area (Å²) >= 11 is 0. The van der Waals surface area contributed by atoms with Gasteiger partial charge in [0.25, 0.3) is 5.91 Å². The highest BCUT2D eigenvalue weighted by Crippen LogP contribution is 2.29. The van der Waals surface area contributed by atoms with E-state index in [2.05, 4.69) is 11.8 Å². The monoisotopic (exact) mass is 208 g/mol. The van der Waals surface area contributed by atoms with Gasteiger partial charge in [-0.05, 0) is 45.1 Å². The number of hydrogen-bond donors (Lipinski definition) is 1. The third-order valence-electron chi connectivity index (χ3n) is 3.16. The predicted molar refractivity (Wildman–Crippen MR) is 61.0 cm³/mol. The first-order valence-corrected chi connectivity index (χ1v) is 5.68. The smallest absolute Gasteiger partial charge is 0.298 e. The van der Waals surface area contributed by atoms with Crippen molar-refractivity contribution in [3.63, 3.8) is 0 Å².